The molecule has 1 N–H and O–H groups in total. The summed E-state index contributed by atoms with van der Waals surface area (Å²) in [6.45, 7) is 5.47. The van der Waals surface area contributed by atoms with Gasteiger partial charge in [-0.3, -0.25) is 0 Å². The average Bonchev–Trinajstić information content (AvgIpc) is 3.37. The molecule has 3 rings (SSSR count). The van der Waals surface area contributed by atoms with Gasteiger partial charge >= 0.3 is 5.97 Å². The Morgan fingerprint density at radius 1 is 1.21 bits per heavy atom. The number of methoxy groups -OCH3 is 1. The second-order valence-electron chi connectivity index (χ2n) is 10.8. The van der Waals surface area contributed by atoms with Crippen molar-refractivity contribution in [1.29, 1.82) is 0 Å². The molecule has 0 amide bonds. The summed E-state index contributed by atoms with van der Waals surface area (Å²) >= 11 is 0. The molecular weight excluding hydrogens is 428 g/mol. The largest absolute Gasteiger partial charge is 0.467 e. The summed E-state index contributed by atoms with van der Waals surface area (Å²) in [6.07, 6.45) is 20.5. The van der Waals surface area contributed by atoms with Crippen LogP contribution in [-0.2, 0) is 19.0 Å². The van der Waals surface area contributed by atoms with Crippen molar-refractivity contribution >= 4 is 5.97 Å². The van der Waals surface area contributed by atoms with Crippen LogP contribution in [0.4, 0.5) is 0 Å². The molecule has 0 spiro atoms. The van der Waals surface area contributed by atoms with Gasteiger partial charge in [0.1, 0.15) is 0 Å². The number of aliphatic hydroxyl groups is 1. The Morgan fingerprint density at radius 3 is 2.79 bits per heavy atom. The van der Waals surface area contributed by atoms with Gasteiger partial charge in [0, 0.05) is 12.5 Å². The van der Waals surface area contributed by atoms with Gasteiger partial charge in [0.15, 0.2) is 12.4 Å². The molecule has 34 heavy (non-hydrogen) atoms. The van der Waals surface area contributed by atoms with Gasteiger partial charge in [-0.15, -0.1) is 0 Å². The van der Waals surface area contributed by atoms with Gasteiger partial charge in [-0.2, -0.15) is 0 Å². The van der Waals surface area contributed by atoms with Gasteiger partial charge in [0.25, 0.3) is 0 Å². The molecule has 1 saturated heterocycles. The summed E-state index contributed by atoms with van der Waals surface area (Å²) in [7, 11) is 1.32. The molecule has 7 atom stereocenters. The fraction of sp³-hybridized carbons (Fsp3) is 0.828. The fourth-order valence-electron chi connectivity index (χ4n) is 6.10. The van der Waals surface area contributed by atoms with Crippen molar-refractivity contribution in [1.82, 2.24) is 0 Å². The van der Waals surface area contributed by atoms with Crippen molar-refractivity contribution in [2.45, 2.75) is 116 Å². The molecule has 2 saturated carbocycles. The Bertz CT molecular complexity index is 665. The molecule has 0 aromatic heterocycles. The van der Waals surface area contributed by atoms with Crippen molar-refractivity contribution in [2.75, 3.05) is 13.7 Å². The molecule has 2 aliphatic carbocycles. The number of ether oxygens (including phenoxy) is 3. The highest BCUT2D eigenvalue weighted by atomic mass is 16.7. The van der Waals surface area contributed by atoms with E-state index in [9.17, 15) is 9.90 Å². The first-order valence-electron chi connectivity index (χ1n) is 13.9. The third kappa shape index (κ3) is 8.20. The minimum Gasteiger partial charge on any atom is -0.467 e. The number of esters is 1. The lowest BCUT2D eigenvalue weighted by molar-refractivity contribution is -0.193. The number of carbonyl (C=O) groups excluding carboxylic acids is 1. The van der Waals surface area contributed by atoms with Gasteiger partial charge in [-0.1, -0.05) is 56.9 Å². The number of rotatable bonds is 13. The van der Waals surface area contributed by atoms with Crippen LogP contribution in [0.2, 0.25) is 0 Å². The monoisotopic (exact) mass is 476 g/mol. The molecule has 1 heterocycles. The van der Waals surface area contributed by atoms with Gasteiger partial charge < -0.3 is 19.3 Å². The quantitative estimate of drug-likeness (QED) is 0.248. The summed E-state index contributed by atoms with van der Waals surface area (Å²) in [5, 5.41) is 9.85. The molecule has 0 aromatic rings. The zero-order valence-corrected chi connectivity index (χ0v) is 21.8. The number of unbranched alkanes of at least 4 members (excludes halogenated alkanes) is 1. The van der Waals surface area contributed by atoms with Crippen LogP contribution in [0.15, 0.2) is 23.8 Å². The second kappa shape index (κ2) is 14.4. The predicted molar refractivity (Wildman–Crippen MR) is 135 cm³/mol. The molecule has 3 aliphatic rings. The fourth-order valence-corrected chi connectivity index (χ4v) is 6.10. The minimum absolute atomic E-state index is 0.0302. The first-order chi connectivity index (χ1) is 16.5. The van der Waals surface area contributed by atoms with E-state index in [1.54, 1.807) is 0 Å². The standard InChI is InChI=1S/C29H48O5/c1-4-5-11-21(2)12-6-7-14-24-25-19-22(13-10-15-26(30)29(31)32-3)18-23(25)20-27(24)34-28-16-8-9-17-33-28/h7,13-14,21,23-28,30H,4-6,8-12,15-20H2,1-3H3/t21?,23-,24-,25+,26?,27-,28?/m1/s1. The number of carbonyl (C=O) groups is 1. The number of fused-ring (bicyclic) bond motifs is 1. The topological polar surface area (TPSA) is 65.0 Å². The van der Waals surface area contributed by atoms with Crippen molar-refractivity contribution in [3.8, 4) is 0 Å². The second-order valence-corrected chi connectivity index (χ2v) is 10.8. The van der Waals surface area contributed by atoms with E-state index in [4.69, 9.17) is 9.47 Å². The molecule has 5 heteroatoms. The van der Waals surface area contributed by atoms with Gasteiger partial charge in [-0.25, -0.2) is 4.79 Å². The summed E-state index contributed by atoms with van der Waals surface area (Å²) in [5.41, 5.74) is 1.48. The maximum atomic E-state index is 11.4. The zero-order valence-electron chi connectivity index (χ0n) is 21.8. The summed E-state index contributed by atoms with van der Waals surface area (Å²) in [4.78, 5) is 11.4. The van der Waals surface area contributed by atoms with Crippen molar-refractivity contribution in [3.63, 3.8) is 0 Å². The molecular formula is C29H48O5. The van der Waals surface area contributed by atoms with E-state index in [-0.39, 0.29) is 12.4 Å². The third-order valence-electron chi connectivity index (χ3n) is 8.13. The lowest BCUT2D eigenvalue weighted by atomic mass is 9.90. The summed E-state index contributed by atoms with van der Waals surface area (Å²) in [6, 6.07) is 0. The van der Waals surface area contributed by atoms with Gasteiger partial charge in [-0.05, 0) is 82.0 Å². The highest BCUT2D eigenvalue weighted by molar-refractivity contribution is 5.74. The maximum absolute atomic E-state index is 11.4. The van der Waals surface area contributed by atoms with E-state index >= 15 is 0 Å². The normalized spacial score (nSPS) is 32.2. The Morgan fingerprint density at radius 2 is 2.06 bits per heavy atom. The van der Waals surface area contributed by atoms with Crippen LogP contribution in [-0.4, -0.2) is 43.3 Å². The van der Waals surface area contributed by atoms with E-state index in [0.717, 1.165) is 57.5 Å². The molecule has 194 valence electrons. The van der Waals surface area contributed by atoms with E-state index in [1.165, 1.54) is 44.8 Å². The Kier molecular flexibility index (Phi) is 11.6. The third-order valence-corrected chi connectivity index (χ3v) is 8.13. The molecule has 5 nitrogen and oxygen atoms in total. The maximum Gasteiger partial charge on any atom is 0.334 e. The lowest BCUT2D eigenvalue weighted by Crippen LogP contribution is -2.30. The average molecular weight is 477 g/mol. The molecule has 0 aromatic carbocycles. The van der Waals surface area contributed by atoms with Gasteiger partial charge in [0.05, 0.1) is 13.2 Å². The Labute approximate surface area is 207 Å². The smallest absolute Gasteiger partial charge is 0.334 e. The van der Waals surface area contributed by atoms with Crippen molar-refractivity contribution in [2.24, 2.45) is 23.7 Å². The van der Waals surface area contributed by atoms with E-state index < -0.39 is 12.1 Å². The van der Waals surface area contributed by atoms with Crippen LogP contribution in [0, 0.1) is 23.7 Å². The predicted octanol–water partition coefficient (Wildman–Crippen LogP) is 6.35. The number of allylic oxidation sites excluding steroid dienone is 3. The first kappa shape index (κ1) is 27.4. The molecule has 0 radical (unpaired) electrons. The zero-order chi connectivity index (χ0) is 24.3. The van der Waals surface area contributed by atoms with Gasteiger partial charge in [0.2, 0.25) is 0 Å². The van der Waals surface area contributed by atoms with Crippen LogP contribution in [0.3, 0.4) is 0 Å². The highest BCUT2D eigenvalue weighted by Gasteiger charge is 2.47. The highest BCUT2D eigenvalue weighted by Crippen LogP contribution is 2.52. The number of aliphatic hydroxyl groups excluding tert-OH is 1. The molecule has 1 aliphatic heterocycles. The van der Waals surface area contributed by atoms with E-state index in [0.29, 0.717) is 24.2 Å². The van der Waals surface area contributed by atoms with Crippen LogP contribution < -0.4 is 0 Å². The Balaban J connectivity index is 1.56. The summed E-state index contributed by atoms with van der Waals surface area (Å²) < 4.78 is 17.1. The molecule has 0 bridgehead atoms. The van der Waals surface area contributed by atoms with Crippen LogP contribution in [0.25, 0.3) is 0 Å². The first-order valence-corrected chi connectivity index (χ1v) is 13.9. The van der Waals surface area contributed by atoms with Crippen LogP contribution in [0.5, 0.6) is 0 Å². The number of hydrogen-bond donors (Lipinski definition) is 1. The minimum atomic E-state index is -1.02. The lowest BCUT2D eigenvalue weighted by Gasteiger charge is -2.29. The van der Waals surface area contributed by atoms with Crippen molar-refractivity contribution in [3.05, 3.63) is 23.8 Å². The summed E-state index contributed by atoms with van der Waals surface area (Å²) in [5.74, 6) is 1.99. The van der Waals surface area contributed by atoms with Crippen LogP contribution in [0.1, 0.15) is 97.3 Å². The number of hydrogen-bond acceptors (Lipinski definition) is 5. The van der Waals surface area contributed by atoms with Crippen LogP contribution >= 0.6 is 0 Å². The van der Waals surface area contributed by atoms with Crippen molar-refractivity contribution < 1.29 is 24.1 Å². The van der Waals surface area contributed by atoms with E-state index in [1.807, 2.05) is 0 Å². The molecule has 3 unspecified atom stereocenters. The molecule has 3 fully saturated rings. The van der Waals surface area contributed by atoms with E-state index in [2.05, 4.69) is 36.8 Å². The SMILES string of the molecule is CCCCC(C)CCC=C[C@@H]1[C@H]2CC(=CCCC(O)C(=O)OC)C[C@@H]2C[C@H]1OC1CCCCO1. The Hall–Kier alpha value is -1.17.